The van der Waals surface area contributed by atoms with Crippen LogP contribution in [0.25, 0.3) is 0 Å². The van der Waals surface area contributed by atoms with Crippen LogP contribution in [0.4, 0.5) is 13.2 Å². The molecule has 1 rings (SSSR count). The number of hydrogen-bond donors (Lipinski definition) is 1. The lowest BCUT2D eigenvalue weighted by Crippen LogP contribution is -2.28. The summed E-state index contributed by atoms with van der Waals surface area (Å²) < 4.78 is 41.8. The minimum atomic E-state index is -4.53. The van der Waals surface area contributed by atoms with Crippen molar-refractivity contribution in [2.45, 2.75) is 19.1 Å². The summed E-state index contributed by atoms with van der Waals surface area (Å²) >= 11 is 0. The molecule has 0 saturated heterocycles. The van der Waals surface area contributed by atoms with Crippen molar-refractivity contribution >= 4 is 5.97 Å². The minimum Gasteiger partial charge on any atom is -0.462 e. The van der Waals surface area contributed by atoms with Gasteiger partial charge in [-0.05, 0) is 24.6 Å². The Hall–Kier alpha value is -1.56. The average molecular weight is 247 g/mol. The lowest BCUT2D eigenvalue weighted by molar-refractivity contribution is -0.149. The third kappa shape index (κ3) is 3.45. The zero-order valence-electron chi connectivity index (χ0n) is 9.12. The Balaban J connectivity index is 2.97. The maximum absolute atomic E-state index is 12.4. The lowest BCUT2D eigenvalue weighted by atomic mass is 10.0. The molecular weight excluding hydrogens is 235 g/mol. The molecule has 6 heteroatoms. The maximum atomic E-state index is 12.4. The summed E-state index contributed by atoms with van der Waals surface area (Å²) in [6, 6.07) is 2.94. The number of alkyl halides is 3. The van der Waals surface area contributed by atoms with Crippen LogP contribution in [0.5, 0.6) is 0 Å². The first kappa shape index (κ1) is 13.5. The van der Waals surface area contributed by atoms with Gasteiger partial charge in [-0.15, -0.1) is 0 Å². The van der Waals surface area contributed by atoms with Crippen LogP contribution in [-0.2, 0) is 4.74 Å². The molecule has 17 heavy (non-hydrogen) atoms. The van der Waals surface area contributed by atoms with E-state index >= 15 is 0 Å². The van der Waals surface area contributed by atoms with Crippen molar-refractivity contribution in [3.8, 4) is 0 Å². The summed E-state index contributed by atoms with van der Waals surface area (Å²) in [6.45, 7) is 1.78. The van der Waals surface area contributed by atoms with Crippen molar-refractivity contribution in [1.82, 2.24) is 0 Å². The van der Waals surface area contributed by atoms with Crippen LogP contribution in [0.1, 0.15) is 28.9 Å². The second kappa shape index (κ2) is 5.18. The fourth-order valence-electron chi connectivity index (χ4n) is 1.26. The first-order valence-electron chi connectivity index (χ1n) is 4.95. The number of halogens is 3. The summed E-state index contributed by atoms with van der Waals surface area (Å²) in [5.41, 5.74) is 4.93. The number of benzene rings is 1. The largest absolute Gasteiger partial charge is 0.462 e. The summed E-state index contributed by atoms with van der Waals surface area (Å²) in [5, 5.41) is 0. The van der Waals surface area contributed by atoms with Gasteiger partial charge in [-0.25, -0.2) is 4.79 Å². The van der Waals surface area contributed by atoms with Crippen LogP contribution < -0.4 is 5.73 Å². The van der Waals surface area contributed by atoms with Gasteiger partial charge in [0.2, 0.25) is 0 Å². The molecule has 1 aromatic carbocycles. The Morgan fingerprint density at radius 3 is 2.65 bits per heavy atom. The van der Waals surface area contributed by atoms with Gasteiger partial charge in [0.1, 0.15) is 6.04 Å². The Bertz CT molecular complexity index is 404. The van der Waals surface area contributed by atoms with Crippen LogP contribution in [-0.4, -0.2) is 18.8 Å². The first-order valence-corrected chi connectivity index (χ1v) is 4.95. The fraction of sp³-hybridized carbons (Fsp3) is 0.364. The van der Waals surface area contributed by atoms with Crippen LogP contribution in [0.3, 0.4) is 0 Å². The number of esters is 1. The number of hydrogen-bond acceptors (Lipinski definition) is 3. The summed E-state index contributed by atoms with van der Waals surface area (Å²) in [4.78, 5) is 11.3. The predicted octanol–water partition coefficient (Wildman–Crippen LogP) is 2.43. The Labute approximate surface area is 96.4 Å². The summed E-state index contributed by atoms with van der Waals surface area (Å²) in [5.74, 6) is -0.663. The Kier molecular flexibility index (Phi) is 4.11. The van der Waals surface area contributed by atoms with E-state index in [2.05, 4.69) is 4.74 Å². The first-order chi connectivity index (χ1) is 7.86. The van der Waals surface area contributed by atoms with Crippen molar-refractivity contribution in [2.24, 2.45) is 5.73 Å². The number of carbonyl (C=O) groups is 1. The third-order valence-corrected chi connectivity index (χ3v) is 2.11. The van der Waals surface area contributed by atoms with Crippen molar-refractivity contribution in [1.29, 1.82) is 0 Å². The van der Waals surface area contributed by atoms with E-state index in [-0.39, 0.29) is 17.7 Å². The van der Waals surface area contributed by atoms with Gasteiger partial charge in [-0.1, -0.05) is 12.1 Å². The number of nitrogens with two attached hydrogens (primary N) is 1. The highest BCUT2D eigenvalue weighted by molar-refractivity contribution is 5.89. The van der Waals surface area contributed by atoms with E-state index < -0.39 is 18.2 Å². The van der Waals surface area contributed by atoms with Crippen LogP contribution in [0, 0.1) is 0 Å². The van der Waals surface area contributed by atoms with Gasteiger partial charge in [0, 0.05) is 0 Å². The van der Waals surface area contributed by atoms with Gasteiger partial charge < -0.3 is 10.5 Å². The molecule has 0 aliphatic carbocycles. The highest BCUT2D eigenvalue weighted by atomic mass is 19.4. The van der Waals surface area contributed by atoms with Gasteiger partial charge in [0.05, 0.1) is 12.2 Å². The quantitative estimate of drug-likeness (QED) is 0.834. The molecule has 1 atom stereocenters. The molecular formula is C11H12F3NO2. The number of rotatable bonds is 3. The van der Waals surface area contributed by atoms with Crippen LogP contribution >= 0.6 is 0 Å². The Morgan fingerprint density at radius 2 is 2.12 bits per heavy atom. The molecule has 0 aliphatic rings. The van der Waals surface area contributed by atoms with Gasteiger partial charge in [-0.3, -0.25) is 0 Å². The SMILES string of the molecule is CCOC(=O)c1cccc([C@@H](N)C(F)(F)F)c1. The molecule has 2 N–H and O–H groups in total. The monoisotopic (exact) mass is 247 g/mol. The molecule has 0 aromatic heterocycles. The molecule has 0 spiro atoms. The van der Waals surface area contributed by atoms with E-state index in [1.165, 1.54) is 18.2 Å². The average Bonchev–Trinajstić information content (AvgIpc) is 2.27. The summed E-state index contributed by atoms with van der Waals surface area (Å²) in [7, 11) is 0. The lowest BCUT2D eigenvalue weighted by Gasteiger charge is -2.16. The molecule has 0 amide bonds. The normalized spacial score (nSPS) is 13.2. The predicted molar refractivity (Wildman–Crippen MR) is 55.4 cm³/mol. The zero-order chi connectivity index (χ0) is 13.1. The molecule has 0 heterocycles. The third-order valence-electron chi connectivity index (χ3n) is 2.11. The van der Waals surface area contributed by atoms with Crippen molar-refractivity contribution in [2.75, 3.05) is 6.61 Å². The number of ether oxygens (including phenoxy) is 1. The van der Waals surface area contributed by atoms with E-state index in [4.69, 9.17) is 5.73 Å². The molecule has 0 radical (unpaired) electrons. The van der Waals surface area contributed by atoms with Crippen molar-refractivity contribution in [3.63, 3.8) is 0 Å². The molecule has 0 saturated carbocycles. The van der Waals surface area contributed by atoms with E-state index in [1.54, 1.807) is 6.92 Å². The van der Waals surface area contributed by atoms with Gasteiger partial charge in [-0.2, -0.15) is 13.2 Å². The number of carbonyl (C=O) groups excluding carboxylic acids is 1. The smallest absolute Gasteiger partial charge is 0.407 e. The van der Waals surface area contributed by atoms with Gasteiger partial charge in [0.15, 0.2) is 0 Å². The van der Waals surface area contributed by atoms with Gasteiger partial charge >= 0.3 is 12.1 Å². The molecule has 94 valence electrons. The second-order valence-electron chi connectivity index (χ2n) is 3.37. The van der Waals surface area contributed by atoms with Crippen LogP contribution in [0.15, 0.2) is 24.3 Å². The Morgan fingerprint density at radius 1 is 1.47 bits per heavy atom. The molecule has 1 aromatic rings. The molecule has 3 nitrogen and oxygen atoms in total. The van der Waals surface area contributed by atoms with Gasteiger partial charge in [0.25, 0.3) is 0 Å². The zero-order valence-corrected chi connectivity index (χ0v) is 9.12. The maximum Gasteiger partial charge on any atom is 0.407 e. The molecule has 0 bridgehead atoms. The van der Waals surface area contributed by atoms with Crippen molar-refractivity contribution in [3.05, 3.63) is 35.4 Å². The highest BCUT2D eigenvalue weighted by Gasteiger charge is 2.37. The van der Waals surface area contributed by atoms with E-state index in [0.29, 0.717) is 0 Å². The standard InChI is InChI=1S/C11H12F3NO2/c1-2-17-10(16)8-5-3-4-7(6-8)9(15)11(12,13)14/h3-6,9H,2,15H2,1H3/t9-/m1/s1. The topological polar surface area (TPSA) is 52.3 Å². The van der Waals surface area contributed by atoms with E-state index in [9.17, 15) is 18.0 Å². The fourth-order valence-corrected chi connectivity index (χ4v) is 1.26. The highest BCUT2D eigenvalue weighted by Crippen LogP contribution is 2.30. The second-order valence-corrected chi connectivity index (χ2v) is 3.37. The van der Waals surface area contributed by atoms with E-state index in [0.717, 1.165) is 6.07 Å². The molecule has 0 fully saturated rings. The van der Waals surface area contributed by atoms with E-state index in [1.807, 2.05) is 0 Å². The molecule has 0 aliphatic heterocycles. The van der Waals surface area contributed by atoms with Crippen molar-refractivity contribution < 1.29 is 22.7 Å². The minimum absolute atomic E-state index is 0.0593. The van der Waals surface area contributed by atoms with Crippen LogP contribution in [0.2, 0.25) is 0 Å². The summed E-state index contributed by atoms with van der Waals surface area (Å²) in [6.07, 6.45) is -4.53. The molecule has 0 unspecified atom stereocenters.